The lowest BCUT2D eigenvalue weighted by atomic mass is 9.74. The summed E-state index contributed by atoms with van der Waals surface area (Å²) in [6.45, 7) is 4.66. The van der Waals surface area contributed by atoms with E-state index in [0.717, 1.165) is 25.9 Å². The molecule has 1 amide bonds. The molecule has 2 saturated heterocycles. The van der Waals surface area contributed by atoms with Crippen LogP contribution in [0, 0.1) is 6.92 Å². The van der Waals surface area contributed by atoms with Gasteiger partial charge in [0.15, 0.2) is 0 Å². The van der Waals surface area contributed by atoms with Crippen molar-refractivity contribution in [1.82, 2.24) is 14.8 Å². The van der Waals surface area contributed by atoms with Crippen LogP contribution in [0.1, 0.15) is 40.2 Å². The van der Waals surface area contributed by atoms with E-state index in [1.807, 2.05) is 17.0 Å². The lowest BCUT2D eigenvalue weighted by Crippen LogP contribution is -2.67. The van der Waals surface area contributed by atoms with Crippen molar-refractivity contribution in [2.45, 2.75) is 37.8 Å². The van der Waals surface area contributed by atoms with Crippen LogP contribution in [0.25, 0.3) is 11.1 Å². The van der Waals surface area contributed by atoms with Gasteiger partial charge in [0.1, 0.15) is 0 Å². The summed E-state index contributed by atoms with van der Waals surface area (Å²) in [4.78, 5) is 21.7. The second-order valence-corrected chi connectivity index (χ2v) is 9.27. The van der Waals surface area contributed by atoms with Gasteiger partial charge in [-0.05, 0) is 55.1 Å². The van der Waals surface area contributed by atoms with Crippen molar-refractivity contribution in [3.05, 3.63) is 89.7 Å². The van der Waals surface area contributed by atoms with Gasteiger partial charge in [-0.2, -0.15) is 0 Å². The van der Waals surface area contributed by atoms with Crippen molar-refractivity contribution in [2.24, 2.45) is 0 Å². The third-order valence-electron chi connectivity index (χ3n) is 7.21. The molecule has 5 nitrogen and oxygen atoms in total. The number of fused-ring (bicyclic) bond motifs is 1. The zero-order valence-electron chi connectivity index (χ0n) is 19.1. The molecule has 0 aliphatic carbocycles. The molecule has 33 heavy (non-hydrogen) atoms. The van der Waals surface area contributed by atoms with Crippen LogP contribution in [0.5, 0.6) is 0 Å². The molecule has 0 spiro atoms. The number of hydrogen-bond donors (Lipinski definition) is 1. The molecule has 1 aromatic heterocycles. The van der Waals surface area contributed by atoms with Gasteiger partial charge in [-0.25, -0.2) is 0 Å². The Morgan fingerprint density at radius 3 is 2.58 bits per heavy atom. The quantitative estimate of drug-likeness (QED) is 0.662. The summed E-state index contributed by atoms with van der Waals surface area (Å²) in [5.74, 6) is 0.259. The summed E-state index contributed by atoms with van der Waals surface area (Å²) in [6.07, 6.45) is 5.35. The number of carbonyl (C=O) groups excluding carboxylic acids is 1. The number of aliphatic hydroxyl groups excluding tert-OH is 1. The largest absolute Gasteiger partial charge is 0.395 e. The molecule has 2 aliphatic rings. The van der Waals surface area contributed by atoms with E-state index in [1.165, 1.54) is 22.3 Å². The smallest absolute Gasteiger partial charge is 0.255 e. The van der Waals surface area contributed by atoms with Crippen molar-refractivity contribution in [2.75, 3.05) is 26.2 Å². The Bertz CT molecular complexity index is 1100. The van der Waals surface area contributed by atoms with Gasteiger partial charge in [-0.15, -0.1) is 0 Å². The van der Waals surface area contributed by atoms with E-state index in [-0.39, 0.29) is 30.5 Å². The fourth-order valence-corrected chi connectivity index (χ4v) is 5.52. The van der Waals surface area contributed by atoms with Gasteiger partial charge >= 0.3 is 0 Å². The summed E-state index contributed by atoms with van der Waals surface area (Å²) in [6, 6.07) is 21.3. The van der Waals surface area contributed by atoms with Crippen molar-refractivity contribution in [3.63, 3.8) is 0 Å². The van der Waals surface area contributed by atoms with E-state index >= 15 is 0 Å². The van der Waals surface area contributed by atoms with Gasteiger partial charge in [0, 0.05) is 43.5 Å². The number of carbonyl (C=O) groups is 1. The molecular formula is C28H31N3O2. The number of hydrogen-bond acceptors (Lipinski definition) is 4. The second kappa shape index (κ2) is 9.46. The third kappa shape index (κ3) is 4.31. The molecule has 0 saturated carbocycles. The fourth-order valence-electron chi connectivity index (χ4n) is 5.52. The van der Waals surface area contributed by atoms with Crippen LogP contribution in [0.3, 0.4) is 0 Å². The van der Waals surface area contributed by atoms with E-state index in [1.54, 1.807) is 12.4 Å². The van der Waals surface area contributed by atoms with Gasteiger partial charge in [0.25, 0.3) is 5.91 Å². The molecule has 2 aliphatic heterocycles. The number of pyridine rings is 1. The maximum Gasteiger partial charge on any atom is 0.255 e. The number of aliphatic hydroxyl groups is 1. The van der Waals surface area contributed by atoms with E-state index in [2.05, 4.69) is 65.3 Å². The number of amides is 1. The predicted molar refractivity (Wildman–Crippen MR) is 130 cm³/mol. The highest BCUT2D eigenvalue weighted by Gasteiger charge is 2.49. The van der Waals surface area contributed by atoms with Crippen LogP contribution in [-0.2, 0) is 0 Å². The van der Waals surface area contributed by atoms with Gasteiger partial charge in [-0.1, -0.05) is 54.1 Å². The fraction of sp³-hybridized carbons (Fsp3) is 0.357. The second-order valence-electron chi connectivity index (χ2n) is 9.27. The summed E-state index contributed by atoms with van der Waals surface area (Å²) in [7, 11) is 0. The summed E-state index contributed by atoms with van der Waals surface area (Å²) in [5.41, 5.74) is 5.54. The van der Waals surface area contributed by atoms with Crippen LogP contribution in [-0.4, -0.2) is 64.1 Å². The predicted octanol–water partition coefficient (Wildman–Crippen LogP) is 4.12. The van der Waals surface area contributed by atoms with E-state index < -0.39 is 0 Å². The first-order valence-corrected chi connectivity index (χ1v) is 11.9. The molecule has 2 fully saturated rings. The molecule has 0 unspecified atom stereocenters. The summed E-state index contributed by atoms with van der Waals surface area (Å²) < 4.78 is 0. The SMILES string of the molecule is Cc1cccc(-c2ccc([C@@H]3[C@@H](CO)N4CCCCN(C(=O)c5cccnc5)C[C@H]34)cc2)c1. The standard InChI is InChI=1S/C28H31N3O2/c1-20-6-4-7-23(16-20)21-9-11-22(12-10-21)27-25-18-30(28(33)24-8-5-13-29-17-24)14-2-3-15-31(25)26(27)19-32/h4-13,16-17,25-27,32H,2-3,14-15,18-19H2,1H3/t25-,26-,27+/m1/s1. The molecule has 2 aromatic carbocycles. The summed E-state index contributed by atoms with van der Waals surface area (Å²) in [5, 5.41) is 10.2. The molecule has 3 heterocycles. The van der Waals surface area contributed by atoms with E-state index in [0.29, 0.717) is 12.1 Å². The molecule has 0 radical (unpaired) electrons. The van der Waals surface area contributed by atoms with Gasteiger partial charge < -0.3 is 10.0 Å². The van der Waals surface area contributed by atoms with Crippen molar-refractivity contribution >= 4 is 5.91 Å². The minimum Gasteiger partial charge on any atom is -0.395 e. The van der Waals surface area contributed by atoms with E-state index in [9.17, 15) is 9.90 Å². The maximum absolute atomic E-state index is 13.2. The lowest BCUT2D eigenvalue weighted by molar-refractivity contribution is -0.0606. The Morgan fingerprint density at radius 2 is 1.85 bits per heavy atom. The first kappa shape index (κ1) is 21.8. The van der Waals surface area contributed by atoms with Crippen molar-refractivity contribution < 1.29 is 9.90 Å². The number of aromatic nitrogens is 1. The minimum absolute atomic E-state index is 0.0472. The van der Waals surface area contributed by atoms with Gasteiger partial charge in [0.05, 0.1) is 12.2 Å². The highest BCUT2D eigenvalue weighted by atomic mass is 16.3. The Balaban J connectivity index is 1.39. The molecule has 1 N–H and O–H groups in total. The number of aryl methyl sites for hydroxylation is 1. The minimum atomic E-state index is 0.0472. The highest BCUT2D eigenvalue weighted by Crippen LogP contribution is 2.42. The molecular weight excluding hydrogens is 410 g/mol. The number of benzene rings is 2. The first-order chi connectivity index (χ1) is 16.2. The van der Waals surface area contributed by atoms with Gasteiger partial charge in [-0.3, -0.25) is 14.7 Å². The van der Waals surface area contributed by atoms with E-state index in [4.69, 9.17) is 0 Å². The van der Waals surface area contributed by atoms with Crippen LogP contribution in [0.15, 0.2) is 73.1 Å². The lowest BCUT2D eigenvalue weighted by Gasteiger charge is -2.57. The third-order valence-corrected chi connectivity index (χ3v) is 7.21. The Labute approximate surface area is 195 Å². The Morgan fingerprint density at radius 1 is 1.03 bits per heavy atom. The molecule has 5 heteroatoms. The zero-order chi connectivity index (χ0) is 22.8. The zero-order valence-corrected chi connectivity index (χ0v) is 19.1. The molecule has 3 atom stereocenters. The monoisotopic (exact) mass is 441 g/mol. The number of rotatable bonds is 4. The summed E-state index contributed by atoms with van der Waals surface area (Å²) >= 11 is 0. The average molecular weight is 442 g/mol. The Hall–Kier alpha value is -3.02. The molecule has 170 valence electrons. The topological polar surface area (TPSA) is 56.7 Å². The molecule has 5 rings (SSSR count). The maximum atomic E-state index is 13.2. The van der Waals surface area contributed by atoms with Crippen LogP contribution in [0.2, 0.25) is 0 Å². The molecule has 0 bridgehead atoms. The average Bonchev–Trinajstić information content (AvgIpc) is 2.83. The number of nitrogens with zero attached hydrogens (tertiary/aromatic N) is 3. The van der Waals surface area contributed by atoms with Crippen LogP contribution in [0.4, 0.5) is 0 Å². The molecule has 3 aromatic rings. The Kier molecular flexibility index (Phi) is 6.25. The van der Waals surface area contributed by atoms with Crippen molar-refractivity contribution in [3.8, 4) is 11.1 Å². The van der Waals surface area contributed by atoms with Crippen molar-refractivity contribution in [1.29, 1.82) is 0 Å². The van der Waals surface area contributed by atoms with Crippen LogP contribution >= 0.6 is 0 Å². The van der Waals surface area contributed by atoms with Crippen LogP contribution < -0.4 is 0 Å². The van der Waals surface area contributed by atoms with Gasteiger partial charge in [0.2, 0.25) is 0 Å². The normalized spacial score (nSPS) is 23.2. The first-order valence-electron chi connectivity index (χ1n) is 11.9. The highest BCUT2D eigenvalue weighted by molar-refractivity contribution is 5.93.